The van der Waals surface area contributed by atoms with E-state index in [0.717, 1.165) is 26.2 Å². The fraction of sp³-hybridized carbons (Fsp3) is 0.684. The summed E-state index contributed by atoms with van der Waals surface area (Å²) in [6, 6.07) is 5.93. The molecule has 0 aromatic heterocycles. The summed E-state index contributed by atoms with van der Waals surface area (Å²) in [6.07, 6.45) is 2.04. The van der Waals surface area contributed by atoms with Crippen molar-refractivity contribution in [2.45, 2.75) is 25.0 Å². The van der Waals surface area contributed by atoms with Crippen LogP contribution >= 0.6 is 23.2 Å². The zero-order valence-corrected chi connectivity index (χ0v) is 16.9. The summed E-state index contributed by atoms with van der Waals surface area (Å²) >= 11 is 12.2. The fourth-order valence-corrected chi connectivity index (χ4v) is 4.41. The van der Waals surface area contributed by atoms with Gasteiger partial charge in [-0.05, 0) is 38.6 Å². The van der Waals surface area contributed by atoms with Crippen molar-refractivity contribution in [3.63, 3.8) is 0 Å². The van der Waals surface area contributed by atoms with Gasteiger partial charge in [-0.3, -0.25) is 9.80 Å². The first-order valence-corrected chi connectivity index (χ1v) is 10.2. The maximum absolute atomic E-state index is 10.3. The third kappa shape index (κ3) is 5.47. The Kier molecular flexibility index (Phi) is 7.44. The Balaban J connectivity index is 1.40. The first-order valence-electron chi connectivity index (χ1n) is 9.42. The number of likely N-dealkylation sites (N-methyl/N-ethyl adjacent to an activating group) is 1. The highest BCUT2D eigenvalue weighted by atomic mass is 35.5. The standard InChI is InChI=1S/C19H29Cl2N3O2/c1-22-7-3-4-15(12-22)24-10-8-23(9-11-24)13-16(25)14-26-19-17(20)5-2-6-18(19)21/h2,5-6,15-16,25H,3-4,7-14H2,1H3. The van der Waals surface area contributed by atoms with Gasteiger partial charge >= 0.3 is 0 Å². The molecule has 1 aromatic carbocycles. The van der Waals surface area contributed by atoms with Crippen molar-refractivity contribution in [3.8, 4) is 5.75 Å². The van der Waals surface area contributed by atoms with Crippen LogP contribution in [0.25, 0.3) is 0 Å². The summed E-state index contributed by atoms with van der Waals surface area (Å²) in [6.45, 7) is 7.32. The van der Waals surface area contributed by atoms with Crippen LogP contribution in [0.5, 0.6) is 5.75 Å². The summed E-state index contributed by atoms with van der Waals surface area (Å²) in [5.74, 6) is 0.445. The van der Waals surface area contributed by atoms with Crippen LogP contribution in [0.3, 0.4) is 0 Å². The number of benzene rings is 1. The van der Waals surface area contributed by atoms with Gasteiger partial charge in [0.05, 0.1) is 10.0 Å². The Morgan fingerprint density at radius 2 is 1.85 bits per heavy atom. The molecule has 1 N–H and O–H groups in total. The van der Waals surface area contributed by atoms with Crippen molar-refractivity contribution < 1.29 is 9.84 Å². The lowest BCUT2D eigenvalue weighted by Crippen LogP contribution is -2.55. The van der Waals surface area contributed by atoms with Gasteiger partial charge in [-0.2, -0.15) is 0 Å². The highest BCUT2D eigenvalue weighted by Crippen LogP contribution is 2.32. The topological polar surface area (TPSA) is 39.2 Å². The maximum atomic E-state index is 10.3. The lowest BCUT2D eigenvalue weighted by atomic mass is 10.0. The molecule has 0 saturated carbocycles. The molecule has 2 atom stereocenters. The minimum absolute atomic E-state index is 0.192. The molecule has 2 aliphatic heterocycles. The quantitative estimate of drug-likeness (QED) is 0.792. The second-order valence-corrected chi connectivity index (χ2v) is 8.22. The number of hydrogen-bond acceptors (Lipinski definition) is 5. The molecule has 0 radical (unpaired) electrons. The Labute approximate surface area is 166 Å². The van der Waals surface area contributed by atoms with Crippen LogP contribution in [0.4, 0.5) is 0 Å². The van der Waals surface area contributed by atoms with Crippen molar-refractivity contribution in [2.24, 2.45) is 0 Å². The molecule has 0 amide bonds. The van der Waals surface area contributed by atoms with Crippen LogP contribution in [0.2, 0.25) is 10.0 Å². The molecule has 0 aliphatic carbocycles. The van der Waals surface area contributed by atoms with E-state index in [1.807, 2.05) is 0 Å². The van der Waals surface area contributed by atoms with Crippen molar-refractivity contribution in [1.29, 1.82) is 0 Å². The molecule has 2 fully saturated rings. The molecular weight excluding hydrogens is 373 g/mol. The van der Waals surface area contributed by atoms with E-state index in [1.165, 1.54) is 25.9 Å². The molecule has 5 nitrogen and oxygen atoms in total. The Morgan fingerprint density at radius 3 is 2.50 bits per heavy atom. The van der Waals surface area contributed by atoms with Crippen molar-refractivity contribution in [1.82, 2.24) is 14.7 Å². The molecule has 146 valence electrons. The molecule has 3 rings (SSSR count). The third-order valence-corrected chi connectivity index (χ3v) is 5.93. The molecule has 2 saturated heterocycles. The fourth-order valence-electron chi connectivity index (χ4n) is 3.90. The summed E-state index contributed by atoms with van der Waals surface area (Å²) in [5, 5.41) is 11.3. The molecule has 7 heteroatoms. The molecule has 1 aromatic rings. The average Bonchev–Trinajstić information content (AvgIpc) is 2.62. The lowest BCUT2D eigenvalue weighted by molar-refractivity contribution is 0.0247. The molecular formula is C19H29Cl2N3O2. The number of rotatable bonds is 6. The van der Waals surface area contributed by atoms with Crippen LogP contribution in [0.15, 0.2) is 18.2 Å². The molecule has 0 spiro atoms. The van der Waals surface area contributed by atoms with Gasteiger partial charge in [-0.15, -0.1) is 0 Å². The lowest BCUT2D eigenvalue weighted by Gasteiger charge is -2.43. The van der Waals surface area contributed by atoms with Crippen molar-refractivity contribution in [2.75, 3.05) is 59.5 Å². The number of piperazine rings is 1. The highest BCUT2D eigenvalue weighted by Gasteiger charge is 2.27. The van der Waals surface area contributed by atoms with E-state index in [-0.39, 0.29) is 6.61 Å². The first-order chi connectivity index (χ1) is 12.5. The summed E-state index contributed by atoms with van der Waals surface area (Å²) in [4.78, 5) is 7.35. The molecule has 2 heterocycles. The zero-order chi connectivity index (χ0) is 18.5. The van der Waals surface area contributed by atoms with Crippen LogP contribution in [0.1, 0.15) is 12.8 Å². The molecule has 2 unspecified atom stereocenters. The number of β-amino-alcohol motifs (C(OH)–C–C–N with tert-alkyl or cyclic N) is 1. The van der Waals surface area contributed by atoms with E-state index < -0.39 is 6.10 Å². The normalized spacial score (nSPS) is 24.5. The first kappa shape index (κ1) is 20.2. The predicted octanol–water partition coefficient (Wildman–Crippen LogP) is 2.44. The molecule has 26 heavy (non-hydrogen) atoms. The second-order valence-electron chi connectivity index (χ2n) is 7.41. The van der Waals surface area contributed by atoms with Gasteiger partial charge in [-0.25, -0.2) is 0 Å². The minimum atomic E-state index is -0.560. The predicted molar refractivity (Wildman–Crippen MR) is 106 cm³/mol. The van der Waals surface area contributed by atoms with E-state index in [4.69, 9.17) is 27.9 Å². The van der Waals surface area contributed by atoms with E-state index >= 15 is 0 Å². The van der Waals surface area contributed by atoms with Crippen LogP contribution < -0.4 is 4.74 Å². The zero-order valence-electron chi connectivity index (χ0n) is 15.4. The number of aliphatic hydroxyl groups is 1. The molecule has 2 aliphatic rings. The minimum Gasteiger partial charge on any atom is -0.488 e. The van der Waals surface area contributed by atoms with Crippen molar-refractivity contribution >= 4 is 23.2 Å². The van der Waals surface area contributed by atoms with Gasteiger partial charge in [0.1, 0.15) is 12.7 Å². The van der Waals surface area contributed by atoms with E-state index in [9.17, 15) is 5.11 Å². The van der Waals surface area contributed by atoms with Gasteiger partial charge in [0.15, 0.2) is 5.75 Å². The number of aliphatic hydroxyl groups excluding tert-OH is 1. The van der Waals surface area contributed by atoms with Crippen LogP contribution in [0, 0.1) is 0 Å². The Bertz CT molecular complexity index is 562. The van der Waals surface area contributed by atoms with Gasteiger partial charge in [0, 0.05) is 45.3 Å². The number of nitrogens with zero attached hydrogens (tertiary/aromatic N) is 3. The van der Waals surface area contributed by atoms with Crippen LogP contribution in [-0.2, 0) is 0 Å². The largest absolute Gasteiger partial charge is 0.488 e. The Morgan fingerprint density at radius 1 is 1.15 bits per heavy atom. The number of piperidine rings is 1. The summed E-state index contributed by atoms with van der Waals surface area (Å²) in [5.41, 5.74) is 0. The summed E-state index contributed by atoms with van der Waals surface area (Å²) < 4.78 is 5.64. The monoisotopic (exact) mass is 401 g/mol. The van der Waals surface area contributed by atoms with Crippen molar-refractivity contribution in [3.05, 3.63) is 28.2 Å². The van der Waals surface area contributed by atoms with E-state index in [0.29, 0.717) is 28.4 Å². The Hall–Kier alpha value is -0.560. The number of likely N-dealkylation sites (tertiary alicyclic amines) is 1. The van der Waals surface area contributed by atoms with Gasteiger partial charge < -0.3 is 14.7 Å². The number of hydrogen-bond donors (Lipinski definition) is 1. The van der Waals surface area contributed by atoms with Gasteiger partial charge in [0.2, 0.25) is 0 Å². The van der Waals surface area contributed by atoms with E-state index in [2.05, 4.69) is 21.7 Å². The van der Waals surface area contributed by atoms with Crippen LogP contribution in [-0.4, -0.2) is 91.4 Å². The SMILES string of the molecule is CN1CCCC(N2CCN(CC(O)COc3c(Cl)cccc3Cl)CC2)C1. The smallest absolute Gasteiger partial charge is 0.156 e. The number of halogens is 2. The van der Waals surface area contributed by atoms with Gasteiger partial charge in [-0.1, -0.05) is 29.3 Å². The second kappa shape index (κ2) is 9.58. The highest BCUT2D eigenvalue weighted by molar-refractivity contribution is 6.37. The number of para-hydroxylation sites is 1. The van der Waals surface area contributed by atoms with E-state index in [1.54, 1.807) is 18.2 Å². The maximum Gasteiger partial charge on any atom is 0.156 e. The third-order valence-electron chi connectivity index (χ3n) is 5.33. The van der Waals surface area contributed by atoms with Gasteiger partial charge in [0.25, 0.3) is 0 Å². The molecule has 0 bridgehead atoms. The number of ether oxygens (including phenoxy) is 1. The average molecular weight is 402 g/mol. The summed E-state index contributed by atoms with van der Waals surface area (Å²) in [7, 11) is 2.21.